The molecule has 2 heterocycles. The maximum Gasteiger partial charge on any atom is 0.325 e. The molecule has 1 aromatic rings. The first kappa shape index (κ1) is 11.6. The quantitative estimate of drug-likeness (QED) is 0.735. The predicted molar refractivity (Wildman–Crippen MR) is 61.8 cm³/mol. The molecule has 0 atom stereocenters. The molecule has 0 aliphatic carbocycles. The number of likely N-dealkylation sites (tertiary alicyclic amines) is 1. The molecule has 0 radical (unpaired) electrons. The fourth-order valence-electron chi connectivity index (χ4n) is 2.03. The molecule has 0 aromatic carbocycles. The van der Waals surface area contributed by atoms with Crippen LogP contribution in [-0.2, 0) is 11.2 Å². The van der Waals surface area contributed by atoms with Crippen molar-refractivity contribution in [2.24, 2.45) is 0 Å². The monoisotopic (exact) mass is 237 g/mol. The van der Waals surface area contributed by atoms with Gasteiger partial charge in [-0.1, -0.05) is 0 Å². The summed E-state index contributed by atoms with van der Waals surface area (Å²) >= 11 is 0. The normalized spacial score (nSPS) is 15.9. The lowest BCUT2D eigenvalue weighted by molar-refractivity contribution is -0.131. The van der Waals surface area contributed by atoms with Crippen LogP contribution >= 0.6 is 0 Å². The third kappa shape index (κ3) is 3.05. The average molecular weight is 237 g/mol. The third-order valence-electron chi connectivity index (χ3n) is 2.87. The Bertz CT molecular complexity index is 483. The summed E-state index contributed by atoms with van der Waals surface area (Å²) < 4.78 is 0. The lowest BCUT2D eigenvalue weighted by Gasteiger charge is -2.26. The number of rotatable bonds is 2. The number of amides is 1. The number of aromatic amines is 2. The Hall–Kier alpha value is -1.85. The highest BCUT2D eigenvalue weighted by atomic mass is 16.2. The van der Waals surface area contributed by atoms with Gasteiger partial charge in [0, 0.05) is 24.8 Å². The zero-order valence-corrected chi connectivity index (χ0v) is 9.49. The second kappa shape index (κ2) is 4.99. The van der Waals surface area contributed by atoms with Gasteiger partial charge in [-0.25, -0.2) is 4.79 Å². The first-order valence-corrected chi connectivity index (χ1v) is 5.75. The highest BCUT2D eigenvalue weighted by Gasteiger charge is 2.17. The molecule has 17 heavy (non-hydrogen) atoms. The maximum atomic E-state index is 11.9. The average Bonchev–Trinajstić information content (AvgIpc) is 2.28. The molecule has 2 N–H and O–H groups in total. The smallest absolute Gasteiger partial charge is 0.325 e. The Morgan fingerprint density at radius 2 is 1.88 bits per heavy atom. The van der Waals surface area contributed by atoms with Gasteiger partial charge >= 0.3 is 5.69 Å². The minimum atomic E-state index is -0.570. The van der Waals surface area contributed by atoms with Gasteiger partial charge in [-0.3, -0.25) is 14.6 Å². The van der Waals surface area contributed by atoms with Crippen molar-refractivity contribution >= 4 is 5.91 Å². The van der Waals surface area contributed by atoms with E-state index in [1.807, 2.05) is 0 Å². The van der Waals surface area contributed by atoms with Crippen LogP contribution < -0.4 is 11.2 Å². The molecule has 2 rings (SSSR count). The SMILES string of the molecule is O=C(Cc1cc(=O)[nH]c(=O)[nH]1)N1CCCCC1. The summed E-state index contributed by atoms with van der Waals surface area (Å²) in [6.45, 7) is 1.54. The number of hydrogen-bond donors (Lipinski definition) is 2. The van der Waals surface area contributed by atoms with Crippen LogP contribution in [0.25, 0.3) is 0 Å². The fourth-order valence-corrected chi connectivity index (χ4v) is 2.03. The minimum absolute atomic E-state index is 0.0362. The van der Waals surface area contributed by atoms with E-state index < -0.39 is 11.2 Å². The number of carbonyl (C=O) groups is 1. The predicted octanol–water partition coefficient (Wildman–Crippen LogP) is -0.382. The van der Waals surface area contributed by atoms with Crippen LogP contribution in [0.2, 0.25) is 0 Å². The standard InChI is InChI=1S/C11H15N3O3/c15-9-6-8(12-11(17)13-9)7-10(16)14-4-2-1-3-5-14/h6H,1-5,7H2,(H2,12,13,15,17). The van der Waals surface area contributed by atoms with Gasteiger partial charge in [-0.05, 0) is 19.3 Å². The summed E-state index contributed by atoms with van der Waals surface area (Å²) in [5, 5.41) is 0. The molecule has 0 spiro atoms. The van der Waals surface area contributed by atoms with Crippen LogP contribution in [0.5, 0.6) is 0 Å². The Balaban J connectivity index is 2.07. The number of H-pyrrole nitrogens is 2. The van der Waals surface area contributed by atoms with Crippen molar-refractivity contribution in [1.29, 1.82) is 0 Å². The van der Waals surface area contributed by atoms with E-state index in [2.05, 4.69) is 9.97 Å². The molecule has 6 heteroatoms. The largest absolute Gasteiger partial charge is 0.342 e. The van der Waals surface area contributed by atoms with Crippen LogP contribution in [-0.4, -0.2) is 33.9 Å². The van der Waals surface area contributed by atoms with Gasteiger partial charge in [-0.15, -0.1) is 0 Å². The van der Waals surface area contributed by atoms with Crippen molar-refractivity contribution in [3.05, 3.63) is 32.6 Å². The van der Waals surface area contributed by atoms with Crippen molar-refractivity contribution in [2.45, 2.75) is 25.7 Å². The highest BCUT2D eigenvalue weighted by molar-refractivity contribution is 5.78. The molecule has 0 saturated carbocycles. The first-order chi connectivity index (χ1) is 8.15. The summed E-state index contributed by atoms with van der Waals surface area (Å²) in [5.41, 5.74) is -0.677. The second-order valence-corrected chi connectivity index (χ2v) is 4.23. The third-order valence-corrected chi connectivity index (χ3v) is 2.87. The van der Waals surface area contributed by atoms with Gasteiger partial charge in [0.05, 0.1) is 6.42 Å². The van der Waals surface area contributed by atoms with Crippen LogP contribution in [0.1, 0.15) is 25.0 Å². The van der Waals surface area contributed by atoms with Crippen LogP contribution in [0.15, 0.2) is 15.7 Å². The molecule has 1 aliphatic rings. The molecule has 6 nitrogen and oxygen atoms in total. The number of nitrogens with one attached hydrogen (secondary N) is 2. The minimum Gasteiger partial charge on any atom is -0.342 e. The molecule has 1 aromatic heterocycles. The molecular weight excluding hydrogens is 222 g/mol. The first-order valence-electron chi connectivity index (χ1n) is 5.75. The fraction of sp³-hybridized carbons (Fsp3) is 0.545. The van der Waals surface area contributed by atoms with E-state index in [4.69, 9.17) is 0 Å². The van der Waals surface area contributed by atoms with Crippen molar-refractivity contribution in [3.63, 3.8) is 0 Å². The summed E-state index contributed by atoms with van der Waals surface area (Å²) in [6, 6.07) is 1.25. The molecule has 0 unspecified atom stereocenters. The van der Waals surface area contributed by atoms with Crippen molar-refractivity contribution in [3.8, 4) is 0 Å². The Kier molecular flexibility index (Phi) is 3.41. The summed E-state index contributed by atoms with van der Waals surface area (Å²) in [6.07, 6.45) is 3.29. The number of nitrogens with zero attached hydrogens (tertiary/aromatic N) is 1. The number of aromatic nitrogens is 2. The molecule has 1 amide bonds. The van der Waals surface area contributed by atoms with E-state index in [0.717, 1.165) is 32.4 Å². The Labute approximate surface area is 97.7 Å². The summed E-state index contributed by atoms with van der Waals surface area (Å²) in [4.78, 5) is 40.3. The number of carbonyl (C=O) groups excluding carboxylic acids is 1. The topological polar surface area (TPSA) is 86.0 Å². The summed E-state index contributed by atoms with van der Waals surface area (Å²) in [5.74, 6) is -0.0362. The van der Waals surface area contributed by atoms with Gasteiger partial charge in [0.1, 0.15) is 0 Å². The van der Waals surface area contributed by atoms with Gasteiger partial charge in [0.25, 0.3) is 5.56 Å². The van der Waals surface area contributed by atoms with E-state index in [0.29, 0.717) is 5.69 Å². The number of hydrogen-bond acceptors (Lipinski definition) is 3. The Morgan fingerprint density at radius 1 is 1.18 bits per heavy atom. The molecule has 1 aliphatic heterocycles. The van der Waals surface area contributed by atoms with E-state index >= 15 is 0 Å². The molecule has 1 saturated heterocycles. The molecule has 0 bridgehead atoms. The van der Waals surface area contributed by atoms with Crippen LogP contribution in [0, 0.1) is 0 Å². The second-order valence-electron chi connectivity index (χ2n) is 4.23. The van der Waals surface area contributed by atoms with Gasteiger partial charge in [-0.2, -0.15) is 0 Å². The van der Waals surface area contributed by atoms with E-state index in [9.17, 15) is 14.4 Å². The molecular formula is C11H15N3O3. The van der Waals surface area contributed by atoms with Gasteiger partial charge < -0.3 is 9.88 Å². The van der Waals surface area contributed by atoms with Crippen LogP contribution in [0.3, 0.4) is 0 Å². The van der Waals surface area contributed by atoms with Crippen molar-refractivity contribution < 1.29 is 4.79 Å². The lowest BCUT2D eigenvalue weighted by atomic mass is 10.1. The van der Waals surface area contributed by atoms with E-state index in [1.165, 1.54) is 6.07 Å². The van der Waals surface area contributed by atoms with Crippen molar-refractivity contribution in [2.75, 3.05) is 13.1 Å². The van der Waals surface area contributed by atoms with E-state index in [-0.39, 0.29) is 12.3 Å². The van der Waals surface area contributed by atoms with Gasteiger partial charge in [0.15, 0.2) is 0 Å². The zero-order valence-electron chi connectivity index (χ0n) is 9.49. The van der Waals surface area contributed by atoms with Gasteiger partial charge in [0.2, 0.25) is 5.91 Å². The summed E-state index contributed by atoms with van der Waals surface area (Å²) in [7, 11) is 0. The maximum absolute atomic E-state index is 11.9. The number of piperidine rings is 1. The zero-order chi connectivity index (χ0) is 12.3. The van der Waals surface area contributed by atoms with E-state index in [1.54, 1.807) is 4.90 Å². The highest BCUT2D eigenvalue weighted by Crippen LogP contribution is 2.09. The molecule has 92 valence electrons. The Morgan fingerprint density at radius 3 is 2.53 bits per heavy atom. The lowest BCUT2D eigenvalue weighted by Crippen LogP contribution is -2.37. The molecule has 1 fully saturated rings. The van der Waals surface area contributed by atoms with Crippen LogP contribution in [0.4, 0.5) is 0 Å². The van der Waals surface area contributed by atoms with Crippen molar-refractivity contribution in [1.82, 2.24) is 14.9 Å².